The van der Waals surface area contributed by atoms with Gasteiger partial charge in [-0.05, 0) is 23.6 Å². The van der Waals surface area contributed by atoms with Crippen molar-refractivity contribution >= 4 is 38.6 Å². The van der Waals surface area contributed by atoms with Crippen LogP contribution in [-0.4, -0.2) is 42.7 Å². The zero-order valence-corrected chi connectivity index (χ0v) is 19.0. The largest absolute Gasteiger partial charge is 0.493 e. The molecule has 0 saturated carbocycles. The van der Waals surface area contributed by atoms with Crippen molar-refractivity contribution in [1.82, 2.24) is 0 Å². The number of hydrogen-bond acceptors (Lipinski definition) is 7. The van der Waals surface area contributed by atoms with Crippen LogP contribution in [0.2, 0.25) is 0 Å². The van der Waals surface area contributed by atoms with Crippen molar-refractivity contribution in [3.8, 4) is 17.2 Å². The Hall–Kier alpha value is -3.24. The van der Waals surface area contributed by atoms with Crippen LogP contribution in [0.25, 0.3) is 0 Å². The average Bonchev–Trinajstić information content (AvgIpc) is 3.28. The van der Waals surface area contributed by atoms with E-state index in [1.807, 2.05) is 0 Å². The number of nitrogens with zero attached hydrogens (tertiary/aromatic N) is 1. The fraction of sp³-hybridized carbons (Fsp3) is 0.190. The summed E-state index contributed by atoms with van der Waals surface area (Å²) in [6.45, 7) is 0. The third kappa shape index (κ3) is 4.44. The summed E-state index contributed by atoms with van der Waals surface area (Å²) in [5, 5.41) is 4.43. The summed E-state index contributed by atoms with van der Waals surface area (Å²) < 4.78 is 42.9. The van der Waals surface area contributed by atoms with Gasteiger partial charge in [-0.2, -0.15) is 0 Å². The Morgan fingerprint density at radius 3 is 2.13 bits per heavy atom. The molecule has 0 atom stereocenters. The lowest BCUT2D eigenvalue weighted by Crippen LogP contribution is -2.28. The molecule has 0 unspecified atom stereocenters. The van der Waals surface area contributed by atoms with Crippen LogP contribution in [0.1, 0.15) is 9.67 Å². The zero-order valence-electron chi connectivity index (χ0n) is 17.4. The number of amides is 1. The Morgan fingerprint density at radius 1 is 0.968 bits per heavy atom. The minimum absolute atomic E-state index is 0.139. The second kappa shape index (κ2) is 9.27. The Balaban J connectivity index is 1.91. The number of thiophene rings is 1. The van der Waals surface area contributed by atoms with Gasteiger partial charge in [-0.25, -0.2) is 8.42 Å². The third-order valence-corrected chi connectivity index (χ3v) is 7.20. The maximum atomic E-state index is 13.0. The molecule has 0 fully saturated rings. The number of benzene rings is 2. The molecule has 1 aromatic heterocycles. The Morgan fingerprint density at radius 2 is 1.58 bits per heavy atom. The molecule has 0 aliphatic carbocycles. The van der Waals surface area contributed by atoms with E-state index in [2.05, 4.69) is 5.32 Å². The van der Waals surface area contributed by atoms with Crippen molar-refractivity contribution in [3.05, 3.63) is 58.8 Å². The van der Waals surface area contributed by atoms with Crippen molar-refractivity contribution in [2.24, 2.45) is 0 Å². The number of carbonyl (C=O) groups excluding carboxylic acids is 1. The number of sulfonamides is 1. The van der Waals surface area contributed by atoms with Gasteiger partial charge >= 0.3 is 0 Å². The predicted molar refractivity (Wildman–Crippen MR) is 120 cm³/mol. The van der Waals surface area contributed by atoms with Crippen LogP contribution in [-0.2, 0) is 10.0 Å². The van der Waals surface area contributed by atoms with Gasteiger partial charge in [0.25, 0.3) is 15.9 Å². The highest BCUT2D eigenvalue weighted by Crippen LogP contribution is 2.40. The smallest absolute Gasteiger partial charge is 0.267 e. The standard InChI is InChI=1S/C21H22N2O6S2/c1-23(31(25,26)15-8-6-5-7-9-15)16-10-11-30-20(16)21(24)22-14-12-17(27-2)19(29-4)18(13-14)28-3/h5-13H,1-4H3,(H,22,24). The maximum absolute atomic E-state index is 13.0. The maximum Gasteiger partial charge on any atom is 0.267 e. The summed E-state index contributed by atoms with van der Waals surface area (Å²) >= 11 is 1.14. The van der Waals surface area contributed by atoms with Gasteiger partial charge in [0.2, 0.25) is 5.75 Å². The number of nitrogens with one attached hydrogen (secondary N) is 1. The van der Waals surface area contributed by atoms with Gasteiger partial charge in [0.1, 0.15) is 4.88 Å². The van der Waals surface area contributed by atoms with E-state index in [1.54, 1.807) is 41.8 Å². The molecule has 1 heterocycles. The molecule has 3 aromatic rings. The molecule has 0 radical (unpaired) electrons. The summed E-state index contributed by atoms with van der Waals surface area (Å²) in [4.78, 5) is 13.4. The summed E-state index contributed by atoms with van der Waals surface area (Å²) in [6.07, 6.45) is 0. The molecule has 8 nitrogen and oxygen atoms in total. The number of ether oxygens (including phenoxy) is 3. The van der Waals surface area contributed by atoms with E-state index in [1.165, 1.54) is 40.5 Å². The number of hydrogen-bond donors (Lipinski definition) is 1. The molecule has 0 spiro atoms. The SMILES string of the molecule is COc1cc(NC(=O)c2sccc2N(C)S(=O)(=O)c2ccccc2)cc(OC)c1OC. The van der Waals surface area contributed by atoms with Crippen molar-refractivity contribution < 1.29 is 27.4 Å². The molecule has 0 aliphatic rings. The second-order valence-corrected chi connectivity index (χ2v) is 9.17. The fourth-order valence-electron chi connectivity index (χ4n) is 2.94. The molecule has 0 saturated heterocycles. The molecule has 31 heavy (non-hydrogen) atoms. The highest BCUT2D eigenvalue weighted by atomic mass is 32.2. The molecule has 164 valence electrons. The van der Waals surface area contributed by atoms with Gasteiger partial charge in [0, 0.05) is 24.9 Å². The molecule has 0 aliphatic heterocycles. The number of anilines is 2. The number of methoxy groups -OCH3 is 3. The summed E-state index contributed by atoms with van der Waals surface area (Å²) in [6, 6.07) is 12.8. The van der Waals surface area contributed by atoms with Crippen LogP contribution in [0.5, 0.6) is 17.2 Å². The monoisotopic (exact) mass is 462 g/mol. The van der Waals surface area contributed by atoms with E-state index < -0.39 is 15.9 Å². The molecule has 3 rings (SSSR count). The van der Waals surface area contributed by atoms with E-state index in [0.717, 1.165) is 15.6 Å². The molecular weight excluding hydrogens is 440 g/mol. The van der Waals surface area contributed by atoms with Crippen molar-refractivity contribution in [2.45, 2.75) is 4.90 Å². The molecule has 0 bridgehead atoms. The van der Waals surface area contributed by atoms with Crippen molar-refractivity contribution in [2.75, 3.05) is 38.0 Å². The Bertz CT molecular complexity index is 1150. The minimum Gasteiger partial charge on any atom is -0.493 e. The van der Waals surface area contributed by atoms with Gasteiger partial charge < -0.3 is 19.5 Å². The first-order valence-electron chi connectivity index (χ1n) is 9.06. The van der Waals surface area contributed by atoms with Gasteiger partial charge in [-0.15, -0.1) is 11.3 Å². The predicted octanol–water partition coefficient (Wildman–Crippen LogP) is 3.85. The van der Waals surface area contributed by atoms with Gasteiger partial charge in [0.15, 0.2) is 11.5 Å². The highest BCUT2D eigenvalue weighted by Gasteiger charge is 2.26. The van der Waals surface area contributed by atoms with E-state index in [0.29, 0.717) is 22.9 Å². The molecule has 10 heteroatoms. The van der Waals surface area contributed by atoms with Crippen LogP contribution < -0.4 is 23.8 Å². The lowest BCUT2D eigenvalue weighted by Gasteiger charge is -2.20. The fourth-order valence-corrected chi connectivity index (χ4v) is 5.04. The molecule has 1 N–H and O–H groups in total. The third-order valence-electron chi connectivity index (χ3n) is 4.51. The first-order chi connectivity index (χ1) is 14.8. The lowest BCUT2D eigenvalue weighted by molar-refractivity contribution is 0.103. The van der Waals surface area contributed by atoms with Crippen LogP contribution in [0, 0.1) is 0 Å². The van der Waals surface area contributed by atoms with E-state index in [4.69, 9.17) is 14.2 Å². The molecular formula is C21H22N2O6S2. The minimum atomic E-state index is -3.82. The van der Waals surface area contributed by atoms with Gasteiger partial charge in [0.05, 0.1) is 31.9 Å². The molecule has 2 aromatic carbocycles. The van der Waals surface area contributed by atoms with Gasteiger partial charge in [-0.1, -0.05) is 18.2 Å². The van der Waals surface area contributed by atoms with E-state index in [-0.39, 0.29) is 15.5 Å². The van der Waals surface area contributed by atoms with E-state index in [9.17, 15) is 13.2 Å². The highest BCUT2D eigenvalue weighted by molar-refractivity contribution is 7.92. The summed E-state index contributed by atoms with van der Waals surface area (Å²) in [5.74, 6) is 0.697. The number of carbonyl (C=O) groups is 1. The van der Waals surface area contributed by atoms with Gasteiger partial charge in [-0.3, -0.25) is 9.10 Å². The average molecular weight is 463 g/mol. The first kappa shape index (κ1) is 22.4. The van der Waals surface area contributed by atoms with Crippen molar-refractivity contribution in [1.29, 1.82) is 0 Å². The first-order valence-corrected chi connectivity index (χ1v) is 11.4. The van der Waals surface area contributed by atoms with Crippen LogP contribution in [0.3, 0.4) is 0 Å². The van der Waals surface area contributed by atoms with Crippen LogP contribution in [0.15, 0.2) is 58.8 Å². The zero-order chi connectivity index (χ0) is 22.6. The second-order valence-electron chi connectivity index (χ2n) is 6.29. The van der Waals surface area contributed by atoms with Crippen LogP contribution >= 0.6 is 11.3 Å². The normalized spacial score (nSPS) is 11.0. The van der Waals surface area contributed by atoms with Crippen LogP contribution in [0.4, 0.5) is 11.4 Å². The summed E-state index contributed by atoms with van der Waals surface area (Å²) in [5.41, 5.74) is 0.686. The molecule has 1 amide bonds. The Kier molecular flexibility index (Phi) is 6.71. The summed E-state index contributed by atoms with van der Waals surface area (Å²) in [7, 11) is 2.04. The van der Waals surface area contributed by atoms with Crippen molar-refractivity contribution in [3.63, 3.8) is 0 Å². The topological polar surface area (TPSA) is 94.2 Å². The Labute approximate surface area is 185 Å². The number of rotatable bonds is 8. The lowest BCUT2D eigenvalue weighted by atomic mass is 10.2. The quantitative estimate of drug-likeness (QED) is 0.547. The van der Waals surface area contributed by atoms with E-state index >= 15 is 0 Å².